The molecule has 8 nitrogen and oxygen atoms in total. The van der Waals surface area contributed by atoms with Gasteiger partial charge in [-0.3, -0.25) is 14.4 Å². The lowest BCUT2D eigenvalue weighted by molar-refractivity contribution is -0.145. The van der Waals surface area contributed by atoms with Crippen molar-refractivity contribution in [1.29, 1.82) is 0 Å². The second kappa shape index (κ2) is 8.73. The van der Waals surface area contributed by atoms with Crippen LogP contribution in [0.5, 0.6) is 0 Å². The molecule has 2 amide bonds. The second-order valence-corrected chi connectivity index (χ2v) is 7.50. The van der Waals surface area contributed by atoms with E-state index in [0.717, 1.165) is 0 Å². The molecule has 2 atom stereocenters. The predicted molar refractivity (Wildman–Crippen MR) is 113 cm³/mol. The molecule has 9 heteroatoms. The van der Waals surface area contributed by atoms with E-state index in [1.165, 1.54) is 18.2 Å². The Bertz CT molecular complexity index is 1090. The summed E-state index contributed by atoms with van der Waals surface area (Å²) in [6.07, 6.45) is 0.573. The van der Waals surface area contributed by atoms with Crippen LogP contribution in [0.15, 0.2) is 18.2 Å². The number of fused-ring (bicyclic) bond motifs is 1. The molecule has 2 aromatic rings. The summed E-state index contributed by atoms with van der Waals surface area (Å²) >= 11 is 0. The number of aliphatic carboxylic acids is 1. The lowest BCUT2D eigenvalue weighted by Crippen LogP contribution is -2.39. The fraction of sp³-hybridized carbons (Fsp3) is 0.318. The molecule has 0 saturated carbocycles. The van der Waals surface area contributed by atoms with Gasteiger partial charge >= 0.3 is 5.97 Å². The van der Waals surface area contributed by atoms with Crippen LogP contribution in [-0.2, 0) is 9.59 Å². The molecule has 1 aromatic heterocycles. The molecule has 1 aliphatic rings. The summed E-state index contributed by atoms with van der Waals surface area (Å²) in [5.74, 6) is -3.42. The quantitative estimate of drug-likeness (QED) is 0.432. The lowest BCUT2D eigenvalue weighted by Gasteiger charge is -2.18. The molecule has 164 valence electrons. The Morgan fingerprint density at radius 3 is 2.65 bits per heavy atom. The highest BCUT2D eigenvalue weighted by molar-refractivity contribution is 6.34. The first-order valence-corrected chi connectivity index (χ1v) is 9.85. The number of hydrogen-bond acceptors (Lipinski definition) is 4. The molecule has 1 aliphatic heterocycles. The van der Waals surface area contributed by atoms with E-state index in [4.69, 9.17) is 5.11 Å². The number of amides is 2. The number of H-pyrrole nitrogens is 1. The van der Waals surface area contributed by atoms with Crippen LogP contribution in [0.2, 0.25) is 0 Å². The van der Waals surface area contributed by atoms with Crippen molar-refractivity contribution >= 4 is 35.1 Å². The van der Waals surface area contributed by atoms with E-state index in [0.29, 0.717) is 33.8 Å². The van der Waals surface area contributed by atoms with E-state index in [-0.39, 0.29) is 24.4 Å². The fourth-order valence-corrected chi connectivity index (χ4v) is 3.75. The third-order valence-corrected chi connectivity index (χ3v) is 5.45. The SMILES string of the molecule is CCC(C(=O)O)C(O)CNC(=O)c1c(C)[nH]c(C=C2C(=O)Nc3ccc(F)cc32)c1C. The van der Waals surface area contributed by atoms with Crippen LogP contribution in [-0.4, -0.2) is 45.6 Å². The van der Waals surface area contributed by atoms with Crippen LogP contribution in [0.4, 0.5) is 10.1 Å². The number of nitrogens with one attached hydrogen (secondary N) is 3. The van der Waals surface area contributed by atoms with Crippen LogP contribution >= 0.6 is 0 Å². The molecule has 0 spiro atoms. The van der Waals surface area contributed by atoms with Crippen molar-refractivity contribution in [3.05, 3.63) is 52.1 Å². The van der Waals surface area contributed by atoms with Gasteiger partial charge in [0.05, 0.1) is 23.2 Å². The molecule has 5 N–H and O–H groups in total. The minimum absolute atomic E-state index is 0.209. The highest BCUT2D eigenvalue weighted by atomic mass is 19.1. The number of aromatic amines is 1. The molecule has 31 heavy (non-hydrogen) atoms. The largest absolute Gasteiger partial charge is 0.481 e. The molecule has 1 aromatic carbocycles. The number of carboxylic acid groups (broad SMARTS) is 1. The van der Waals surface area contributed by atoms with Crippen molar-refractivity contribution in [2.24, 2.45) is 5.92 Å². The Morgan fingerprint density at radius 1 is 1.29 bits per heavy atom. The molecule has 0 aliphatic carbocycles. The van der Waals surface area contributed by atoms with Gasteiger partial charge in [-0.15, -0.1) is 0 Å². The molecule has 3 rings (SSSR count). The van der Waals surface area contributed by atoms with E-state index in [9.17, 15) is 23.9 Å². The van der Waals surface area contributed by atoms with Gasteiger partial charge in [0.25, 0.3) is 11.8 Å². The predicted octanol–water partition coefficient (Wildman–Crippen LogP) is 2.46. The topological polar surface area (TPSA) is 132 Å². The Morgan fingerprint density at radius 2 is 2.00 bits per heavy atom. The molecule has 0 bridgehead atoms. The number of aliphatic hydroxyl groups is 1. The van der Waals surface area contributed by atoms with Gasteiger partial charge in [0, 0.05) is 29.2 Å². The van der Waals surface area contributed by atoms with Gasteiger partial charge in [-0.2, -0.15) is 0 Å². The van der Waals surface area contributed by atoms with Gasteiger partial charge in [-0.1, -0.05) is 6.92 Å². The number of hydrogen-bond donors (Lipinski definition) is 5. The molecule has 2 unspecified atom stereocenters. The van der Waals surface area contributed by atoms with Crippen molar-refractivity contribution in [2.45, 2.75) is 33.3 Å². The van der Waals surface area contributed by atoms with Gasteiger partial charge in [-0.05, 0) is 50.1 Å². The van der Waals surface area contributed by atoms with Crippen molar-refractivity contribution in [2.75, 3.05) is 11.9 Å². The van der Waals surface area contributed by atoms with Crippen LogP contribution in [0.1, 0.15) is 46.2 Å². The number of aryl methyl sites for hydroxylation is 1. The van der Waals surface area contributed by atoms with E-state index in [1.54, 1.807) is 26.8 Å². The van der Waals surface area contributed by atoms with Crippen LogP contribution < -0.4 is 10.6 Å². The number of anilines is 1. The van der Waals surface area contributed by atoms with E-state index in [1.807, 2.05) is 0 Å². The molecule has 0 radical (unpaired) electrons. The van der Waals surface area contributed by atoms with Crippen LogP contribution in [0.25, 0.3) is 11.6 Å². The lowest BCUT2D eigenvalue weighted by atomic mass is 9.99. The molecule has 2 heterocycles. The summed E-state index contributed by atoms with van der Waals surface area (Å²) in [5.41, 5.74) is 3.18. The minimum Gasteiger partial charge on any atom is -0.481 e. The molecular weight excluding hydrogens is 405 g/mol. The number of halogens is 1. The number of aliphatic hydroxyl groups excluding tert-OH is 1. The van der Waals surface area contributed by atoms with Gasteiger partial charge in [-0.25, -0.2) is 4.39 Å². The monoisotopic (exact) mass is 429 g/mol. The van der Waals surface area contributed by atoms with Crippen molar-refractivity contribution in [1.82, 2.24) is 10.3 Å². The average Bonchev–Trinajstić information content (AvgIpc) is 3.16. The maximum absolute atomic E-state index is 13.7. The molecule has 0 saturated heterocycles. The maximum Gasteiger partial charge on any atom is 0.309 e. The van der Waals surface area contributed by atoms with Gasteiger partial charge in [0.1, 0.15) is 5.82 Å². The number of benzene rings is 1. The first kappa shape index (κ1) is 22.2. The zero-order chi connectivity index (χ0) is 22.9. The van der Waals surface area contributed by atoms with E-state index < -0.39 is 29.7 Å². The minimum atomic E-state index is -1.22. The highest BCUT2D eigenvalue weighted by Crippen LogP contribution is 2.34. The Labute approximate surface area is 178 Å². The third-order valence-electron chi connectivity index (χ3n) is 5.45. The summed E-state index contributed by atoms with van der Waals surface area (Å²) in [6, 6.07) is 4.02. The normalized spacial score (nSPS) is 16.0. The Hall–Kier alpha value is -3.46. The van der Waals surface area contributed by atoms with Crippen LogP contribution in [0, 0.1) is 25.6 Å². The van der Waals surface area contributed by atoms with Crippen molar-refractivity contribution in [3.63, 3.8) is 0 Å². The van der Waals surface area contributed by atoms with E-state index >= 15 is 0 Å². The number of aromatic nitrogens is 1. The van der Waals surface area contributed by atoms with E-state index in [2.05, 4.69) is 15.6 Å². The summed E-state index contributed by atoms with van der Waals surface area (Å²) in [7, 11) is 0. The third kappa shape index (κ3) is 4.36. The zero-order valence-electron chi connectivity index (χ0n) is 17.4. The molecule has 0 fully saturated rings. The summed E-state index contributed by atoms with van der Waals surface area (Å²) in [4.78, 5) is 39.2. The molecular formula is C22H24FN3O5. The summed E-state index contributed by atoms with van der Waals surface area (Å²) < 4.78 is 13.7. The second-order valence-electron chi connectivity index (χ2n) is 7.50. The Kier molecular flexibility index (Phi) is 6.26. The average molecular weight is 429 g/mol. The van der Waals surface area contributed by atoms with Crippen LogP contribution in [0.3, 0.4) is 0 Å². The zero-order valence-corrected chi connectivity index (χ0v) is 17.4. The maximum atomic E-state index is 13.7. The first-order valence-electron chi connectivity index (χ1n) is 9.85. The number of carbonyl (C=O) groups is 3. The fourth-order valence-electron chi connectivity index (χ4n) is 3.75. The summed E-state index contributed by atoms with van der Waals surface area (Å²) in [5, 5.41) is 24.4. The van der Waals surface area contributed by atoms with Crippen molar-refractivity contribution < 1.29 is 29.0 Å². The van der Waals surface area contributed by atoms with Gasteiger partial charge in [0.15, 0.2) is 0 Å². The van der Waals surface area contributed by atoms with Crippen molar-refractivity contribution in [3.8, 4) is 0 Å². The standard InChI is InChI=1S/C22H24FN3O5/c1-4-13(22(30)31)18(27)9-24-21(29)19-10(2)17(25-11(19)3)8-15-14-7-12(23)5-6-16(14)26-20(15)28/h5-8,13,18,25,27H,4,9H2,1-3H3,(H,24,29)(H,26,28)(H,30,31). The van der Waals surface area contributed by atoms with Gasteiger partial charge in [0.2, 0.25) is 0 Å². The number of carbonyl (C=O) groups excluding carboxylic acids is 2. The number of rotatable bonds is 7. The summed E-state index contributed by atoms with van der Waals surface area (Å²) in [6.45, 7) is 4.83. The highest BCUT2D eigenvalue weighted by Gasteiger charge is 2.27. The number of carboxylic acids is 1. The first-order chi connectivity index (χ1) is 14.6. The van der Waals surface area contributed by atoms with Gasteiger partial charge < -0.3 is 25.8 Å². The Balaban J connectivity index is 1.84. The smallest absolute Gasteiger partial charge is 0.309 e.